The molecule has 1 aliphatic heterocycles. The average molecular weight is 368 g/mol. The van der Waals surface area contributed by atoms with E-state index >= 15 is 0 Å². The lowest BCUT2D eigenvalue weighted by Crippen LogP contribution is -2.37. The molecule has 0 saturated heterocycles. The van der Waals surface area contributed by atoms with Crippen LogP contribution in [0.25, 0.3) is 11.1 Å². The predicted molar refractivity (Wildman–Crippen MR) is 96.0 cm³/mol. The van der Waals surface area contributed by atoms with Gasteiger partial charge in [0.1, 0.15) is 12.1 Å². The highest BCUT2D eigenvalue weighted by atomic mass is 19.1. The highest BCUT2D eigenvalue weighted by molar-refractivity contribution is 5.93. The van der Waals surface area contributed by atoms with Crippen LogP contribution in [0.5, 0.6) is 0 Å². The first-order valence-corrected chi connectivity index (χ1v) is 8.37. The highest BCUT2D eigenvalue weighted by Gasteiger charge is 2.21. The minimum absolute atomic E-state index is 0.0449. The number of anilines is 1. The molecular weight excluding hydrogens is 351 g/mol. The molecule has 0 radical (unpaired) electrons. The molecule has 1 aliphatic rings. The van der Waals surface area contributed by atoms with E-state index in [9.17, 15) is 18.8 Å². The maximum Gasteiger partial charge on any atom is 0.245 e. The number of nitrogens with zero attached hydrogens (tertiary/aromatic N) is 3. The van der Waals surface area contributed by atoms with Crippen LogP contribution in [0.4, 0.5) is 10.2 Å². The van der Waals surface area contributed by atoms with Gasteiger partial charge >= 0.3 is 0 Å². The topological polar surface area (TPSA) is 92.3 Å². The van der Waals surface area contributed by atoms with Crippen LogP contribution in [0.15, 0.2) is 47.9 Å². The number of hydrogen-bond acceptors (Lipinski definition) is 6. The maximum absolute atomic E-state index is 12.9. The Hall–Kier alpha value is -3.42. The molecule has 1 amide bonds. The zero-order valence-corrected chi connectivity index (χ0v) is 14.4. The highest BCUT2D eigenvalue weighted by Crippen LogP contribution is 2.20. The van der Waals surface area contributed by atoms with E-state index in [0.717, 1.165) is 5.56 Å². The van der Waals surface area contributed by atoms with Crippen LogP contribution in [0.1, 0.15) is 12.8 Å². The third-order valence-electron chi connectivity index (χ3n) is 4.22. The van der Waals surface area contributed by atoms with Gasteiger partial charge in [-0.2, -0.15) is 4.39 Å². The number of pyridine rings is 2. The molecule has 0 aromatic carbocycles. The fourth-order valence-electron chi connectivity index (χ4n) is 2.89. The van der Waals surface area contributed by atoms with Crippen molar-refractivity contribution in [3.63, 3.8) is 0 Å². The number of rotatable bonds is 6. The van der Waals surface area contributed by atoms with E-state index in [-0.39, 0.29) is 18.1 Å². The lowest BCUT2D eigenvalue weighted by molar-refractivity contribution is -0.117. The van der Waals surface area contributed by atoms with Crippen LogP contribution in [0.2, 0.25) is 0 Å². The minimum atomic E-state index is -0.560. The summed E-state index contributed by atoms with van der Waals surface area (Å²) in [6.45, 7) is 0.486. The Morgan fingerprint density at radius 3 is 2.44 bits per heavy atom. The molecule has 0 unspecified atom stereocenters. The van der Waals surface area contributed by atoms with Crippen LogP contribution >= 0.6 is 0 Å². The molecule has 7 nitrogen and oxygen atoms in total. The Kier molecular flexibility index (Phi) is 5.65. The molecular formula is C19H17FN4O3. The van der Waals surface area contributed by atoms with Gasteiger partial charge in [-0.25, -0.2) is 9.97 Å². The number of aldehydes is 2. The number of hydrogen-bond donors (Lipinski definition) is 1. The number of halogens is 1. The second kappa shape index (κ2) is 8.31. The van der Waals surface area contributed by atoms with Gasteiger partial charge in [-0.1, -0.05) is 0 Å². The van der Waals surface area contributed by atoms with Crippen molar-refractivity contribution in [2.75, 3.05) is 18.4 Å². The molecule has 0 bridgehead atoms. The molecule has 0 aliphatic carbocycles. The first-order chi connectivity index (χ1) is 13.1. The predicted octanol–water partition coefficient (Wildman–Crippen LogP) is 1.97. The van der Waals surface area contributed by atoms with E-state index in [4.69, 9.17) is 0 Å². The van der Waals surface area contributed by atoms with Gasteiger partial charge in [0.25, 0.3) is 0 Å². The van der Waals surface area contributed by atoms with Crippen molar-refractivity contribution in [1.29, 1.82) is 0 Å². The van der Waals surface area contributed by atoms with E-state index in [1.54, 1.807) is 29.3 Å². The standard InChI is InChI=1S/C19H17FN4O3/c20-17-5-3-13(8-21-17)14-4-6-18(22-9-14)23-19(27)10-24-7-1-2-15(11-25)16(24)12-26/h3-6,8-9,11-12H,1-2,7,10H2,(H,22,23,27). The summed E-state index contributed by atoms with van der Waals surface area (Å²) >= 11 is 0. The molecule has 1 N–H and O–H groups in total. The minimum Gasteiger partial charge on any atom is -0.359 e. The molecule has 3 heterocycles. The van der Waals surface area contributed by atoms with Gasteiger partial charge in [0.2, 0.25) is 11.9 Å². The summed E-state index contributed by atoms with van der Waals surface area (Å²) in [5.74, 6) is -0.553. The van der Waals surface area contributed by atoms with E-state index in [2.05, 4.69) is 15.3 Å². The third kappa shape index (κ3) is 4.41. The molecule has 8 heteroatoms. The SMILES string of the molecule is O=CC1=C(C=O)N(CC(=O)Nc2ccc(-c3ccc(F)nc3)cn2)CCC1. The van der Waals surface area contributed by atoms with Crippen molar-refractivity contribution in [2.24, 2.45) is 0 Å². The Labute approximate surface area is 154 Å². The number of amides is 1. The van der Waals surface area contributed by atoms with Gasteiger partial charge in [-0.15, -0.1) is 0 Å². The first kappa shape index (κ1) is 18.4. The Balaban J connectivity index is 1.65. The van der Waals surface area contributed by atoms with Crippen molar-refractivity contribution >= 4 is 24.3 Å². The van der Waals surface area contributed by atoms with Crippen LogP contribution in [0.3, 0.4) is 0 Å². The first-order valence-electron chi connectivity index (χ1n) is 8.37. The van der Waals surface area contributed by atoms with Gasteiger partial charge in [0.15, 0.2) is 6.29 Å². The number of carbonyl (C=O) groups excluding carboxylic acids is 3. The van der Waals surface area contributed by atoms with Crippen LogP contribution in [-0.4, -0.2) is 46.4 Å². The summed E-state index contributed by atoms with van der Waals surface area (Å²) in [5, 5.41) is 2.66. The molecule has 138 valence electrons. The van der Waals surface area contributed by atoms with Crippen molar-refractivity contribution in [1.82, 2.24) is 14.9 Å². The zero-order valence-electron chi connectivity index (χ0n) is 14.4. The summed E-state index contributed by atoms with van der Waals surface area (Å²) in [5.41, 5.74) is 2.12. The maximum atomic E-state index is 12.9. The smallest absolute Gasteiger partial charge is 0.245 e. The number of allylic oxidation sites excluding steroid dienone is 2. The van der Waals surface area contributed by atoms with Crippen molar-refractivity contribution < 1.29 is 18.8 Å². The van der Waals surface area contributed by atoms with Gasteiger partial charge in [-0.05, 0) is 37.1 Å². The van der Waals surface area contributed by atoms with Crippen molar-refractivity contribution in [3.8, 4) is 11.1 Å². The van der Waals surface area contributed by atoms with Crippen LogP contribution < -0.4 is 5.32 Å². The summed E-state index contributed by atoms with van der Waals surface area (Å²) in [7, 11) is 0. The summed E-state index contributed by atoms with van der Waals surface area (Å²) < 4.78 is 12.9. The van der Waals surface area contributed by atoms with Gasteiger partial charge in [-0.3, -0.25) is 14.4 Å². The van der Waals surface area contributed by atoms with E-state index in [0.29, 0.717) is 48.9 Å². The second-order valence-corrected chi connectivity index (χ2v) is 6.02. The normalized spacial score (nSPS) is 14.0. The zero-order chi connectivity index (χ0) is 19.2. The largest absolute Gasteiger partial charge is 0.359 e. The Bertz CT molecular complexity index is 879. The van der Waals surface area contributed by atoms with E-state index in [1.807, 2.05) is 0 Å². The molecule has 0 fully saturated rings. The van der Waals surface area contributed by atoms with Gasteiger partial charge in [0, 0.05) is 35.6 Å². The van der Waals surface area contributed by atoms with E-state index in [1.165, 1.54) is 12.3 Å². The summed E-state index contributed by atoms with van der Waals surface area (Å²) in [4.78, 5) is 43.9. The molecule has 2 aromatic rings. The lowest BCUT2D eigenvalue weighted by atomic mass is 10.0. The number of carbonyl (C=O) groups is 3. The van der Waals surface area contributed by atoms with Crippen LogP contribution in [-0.2, 0) is 14.4 Å². The van der Waals surface area contributed by atoms with Crippen molar-refractivity contribution in [2.45, 2.75) is 12.8 Å². The summed E-state index contributed by atoms with van der Waals surface area (Å²) in [6.07, 6.45) is 5.47. The molecule has 0 saturated carbocycles. The Morgan fingerprint density at radius 2 is 1.85 bits per heavy atom. The lowest BCUT2D eigenvalue weighted by Gasteiger charge is -2.28. The quantitative estimate of drug-likeness (QED) is 0.619. The molecule has 0 atom stereocenters. The van der Waals surface area contributed by atoms with Gasteiger partial charge in [0.05, 0.1) is 12.2 Å². The second-order valence-electron chi connectivity index (χ2n) is 6.02. The fourth-order valence-corrected chi connectivity index (χ4v) is 2.89. The number of nitrogens with one attached hydrogen (secondary N) is 1. The molecule has 2 aromatic heterocycles. The average Bonchev–Trinajstić information content (AvgIpc) is 2.69. The van der Waals surface area contributed by atoms with Crippen molar-refractivity contribution in [3.05, 3.63) is 53.9 Å². The molecule has 0 spiro atoms. The molecule has 3 rings (SSSR count). The fraction of sp³-hybridized carbons (Fsp3) is 0.211. The van der Waals surface area contributed by atoms with Gasteiger partial charge < -0.3 is 10.2 Å². The van der Waals surface area contributed by atoms with E-state index < -0.39 is 5.95 Å². The number of aromatic nitrogens is 2. The Morgan fingerprint density at radius 1 is 1.11 bits per heavy atom. The molecule has 27 heavy (non-hydrogen) atoms. The monoisotopic (exact) mass is 368 g/mol. The van der Waals surface area contributed by atoms with Crippen LogP contribution in [0, 0.1) is 5.95 Å². The summed E-state index contributed by atoms with van der Waals surface area (Å²) in [6, 6.07) is 6.21. The third-order valence-corrected chi connectivity index (χ3v) is 4.22.